The van der Waals surface area contributed by atoms with E-state index >= 15 is 4.39 Å². The van der Waals surface area contributed by atoms with E-state index in [2.05, 4.69) is 35.6 Å². The van der Waals surface area contributed by atoms with Crippen molar-refractivity contribution in [2.45, 2.75) is 72.3 Å². The molecular formula is C34H42ClFN4O2. The van der Waals surface area contributed by atoms with Crippen LogP contribution < -0.4 is 5.32 Å². The smallest absolute Gasteiger partial charge is 0.246 e. The molecule has 0 aliphatic carbocycles. The highest BCUT2D eigenvalue weighted by Gasteiger charge is 2.41. The van der Waals surface area contributed by atoms with Crippen molar-refractivity contribution in [3.05, 3.63) is 82.8 Å². The second-order valence-corrected chi connectivity index (χ2v) is 10.8. The molecule has 0 bridgehead atoms. The third-order valence-corrected chi connectivity index (χ3v) is 7.94. The van der Waals surface area contributed by atoms with E-state index < -0.39 is 11.4 Å². The molecule has 6 nitrogen and oxygen atoms in total. The van der Waals surface area contributed by atoms with Crippen molar-refractivity contribution >= 4 is 40.4 Å². The highest BCUT2D eigenvalue weighted by atomic mass is 35.5. The number of hydrogen-bond acceptors (Lipinski definition) is 4. The molecule has 4 rings (SSSR count). The average molecular weight is 593 g/mol. The van der Waals surface area contributed by atoms with Crippen molar-refractivity contribution in [2.24, 2.45) is 0 Å². The molecule has 8 heteroatoms. The lowest BCUT2D eigenvalue weighted by Gasteiger charge is -2.30. The first-order valence-corrected chi connectivity index (χ1v) is 15.1. The van der Waals surface area contributed by atoms with E-state index in [1.807, 2.05) is 39.8 Å². The maximum Gasteiger partial charge on any atom is 0.246 e. The summed E-state index contributed by atoms with van der Waals surface area (Å²) in [7, 11) is 0. The molecule has 2 heterocycles. The van der Waals surface area contributed by atoms with Gasteiger partial charge in [0.2, 0.25) is 5.91 Å². The fraction of sp³-hybridized carbons (Fsp3) is 0.382. The molecule has 224 valence electrons. The van der Waals surface area contributed by atoms with Crippen LogP contribution in [0.2, 0.25) is 5.02 Å². The lowest BCUT2D eigenvalue weighted by atomic mass is 9.88. The number of aromatic nitrogens is 2. The van der Waals surface area contributed by atoms with Crippen molar-refractivity contribution < 1.29 is 14.0 Å². The van der Waals surface area contributed by atoms with E-state index in [4.69, 9.17) is 11.6 Å². The van der Waals surface area contributed by atoms with Crippen molar-refractivity contribution in [1.82, 2.24) is 20.4 Å². The van der Waals surface area contributed by atoms with E-state index in [0.29, 0.717) is 60.2 Å². The standard InChI is InChI=1S/C32H36ClFN4O2.C2H6/c1-6-10-21(8-3)31(36-32(19-39)14-15-38(18-32)27(40)9-4)23-16-25(33)29(30(34)22(23)11-7-2)28-20(5)12-13-26-24(28)17-35-37-26;1-2/h8-9,12-13,16-17,19,36H,3-4,6-7,10-11,14-15,18H2,1-2,5H3,(H,35,37);1-2H3/b31-21-;. The Morgan fingerprint density at radius 1 is 1.21 bits per heavy atom. The van der Waals surface area contributed by atoms with E-state index in [1.54, 1.807) is 23.2 Å². The van der Waals surface area contributed by atoms with E-state index in [0.717, 1.165) is 34.7 Å². The Morgan fingerprint density at radius 3 is 2.57 bits per heavy atom. The second kappa shape index (κ2) is 14.5. The third-order valence-electron chi connectivity index (χ3n) is 7.64. The van der Waals surface area contributed by atoms with Gasteiger partial charge in [0.1, 0.15) is 17.6 Å². The van der Waals surface area contributed by atoms with Crippen LogP contribution in [0.1, 0.15) is 70.1 Å². The number of H-pyrrole nitrogens is 1. The van der Waals surface area contributed by atoms with Crippen molar-refractivity contribution in [3.63, 3.8) is 0 Å². The van der Waals surface area contributed by atoms with Crippen molar-refractivity contribution in [3.8, 4) is 11.1 Å². The summed E-state index contributed by atoms with van der Waals surface area (Å²) in [6.45, 7) is 18.2. The Hall–Kier alpha value is -3.71. The number of carbonyl (C=O) groups is 2. The maximum absolute atomic E-state index is 16.8. The number of aryl methyl sites for hydroxylation is 1. The number of rotatable bonds is 11. The number of allylic oxidation sites excluding steroid dienone is 2. The Morgan fingerprint density at radius 2 is 1.95 bits per heavy atom. The van der Waals surface area contributed by atoms with Gasteiger partial charge >= 0.3 is 0 Å². The van der Waals surface area contributed by atoms with Gasteiger partial charge in [-0.1, -0.05) is 77.4 Å². The van der Waals surface area contributed by atoms with Crippen molar-refractivity contribution in [2.75, 3.05) is 13.1 Å². The number of benzene rings is 2. The predicted octanol–water partition coefficient (Wildman–Crippen LogP) is 7.95. The van der Waals surface area contributed by atoms with Gasteiger partial charge in [0.15, 0.2) is 0 Å². The largest absolute Gasteiger partial charge is 0.371 e. The lowest BCUT2D eigenvalue weighted by molar-refractivity contribution is -0.125. The van der Waals surface area contributed by atoms with Gasteiger partial charge < -0.3 is 15.0 Å². The molecule has 42 heavy (non-hydrogen) atoms. The normalized spacial score (nSPS) is 16.9. The number of nitrogens with zero attached hydrogens (tertiary/aromatic N) is 2. The molecule has 1 aromatic heterocycles. The number of amides is 1. The molecule has 1 saturated heterocycles. The number of nitrogens with one attached hydrogen (secondary N) is 2. The molecule has 0 saturated carbocycles. The van der Waals surface area contributed by atoms with Gasteiger partial charge in [-0.2, -0.15) is 5.10 Å². The molecule has 1 aliphatic heterocycles. The summed E-state index contributed by atoms with van der Waals surface area (Å²) in [5, 5.41) is 11.6. The number of aldehydes is 1. The molecule has 2 aromatic carbocycles. The Bertz CT molecular complexity index is 1510. The van der Waals surface area contributed by atoms with Crippen LogP contribution in [0.25, 0.3) is 27.7 Å². The number of hydrogen-bond donors (Lipinski definition) is 2. The highest BCUT2D eigenvalue weighted by Crippen LogP contribution is 2.42. The van der Waals surface area contributed by atoms with E-state index in [9.17, 15) is 9.59 Å². The number of aromatic amines is 1. The Labute approximate surface area is 253 Å². The molecular weight excluding hydrogens is 551 g/mol. The molecule has 1 amide bonds. The average Bonchev–Trinajstić information content (AvgIpc) is 3.66. The summed E-state index contributed by atoms with van der Waals surface area (Å²) in [5.41, 5.74) is 4.26. The minimum atomic E-state index is -1.04. The van der Waals surface area contributed by atoms with Gasteiger partial charge in [-0.25, -0.2) is 4.39 Å². The van der Waals surface area contributed by atoms with Gasteiger partial charge in [0.25, 0.3) is 0 Å². The summed E-state index contributed by atoms with van der Waals surface area (Å²) in [5.74, 6) is -0.627. The number of likely N-dealkylation sites (tertiary alicyclic amines) is 1. The van der Waals surface area contributed by atoms with Crippen LogP contribution in [0.4, 0.5) is 4.39 Å². The van der Waals surface area contributed by atoms with Gasteiger partial charge in [0.05, 0.1) is 23.3 Å². The zero-order valence-corrected chi connectivity index (χ0v) is 26.1. The highest BCUT2D eigenvalue weighted by molar-refractivity contribution is 6.34. The van der Waals surface area contributed by atoms with Crippen LogP contribution in [0.5, 0.6) is 0 Å². The Balaban J connectivity index is 0.00000237. The molecule has 3 aromatic rings. The fourth-order valence-electron chi connectivity index (χ4n) is 5.61. The number of halogens is 2. The molecule has 1 aliphatic rings. The zero-order chi connectivity index (χ0) is 31.0. The molecule has 2 N–H and O–H groups in total. The van der Waals surface area contributed by atoms with Gasteiger partial charge in [-0.15, -0.1) is 0 Å². The van der Waals surface area contributed by atoms with Crippen molar-refractivity contribution in [1.29, 1.82) is 0 Å². The molecule has 1 unspecified atom stereocenters. The fourth-order valence-corrected chi connectivity index (χ4v) is 5.90. The van der Waals surface area contributed by atoms with E-state index in [-0.39, 0.29) is 17.5 Å². The zero-order valence-electron chi connectivity index (χ0n) is 25.4. The summed E-state index contributed by atoms with van der Waals surface area (Å²) < 4.78 is 16.8. The predicted molar refractivity (Wildman–Crippen MR) is 172 cm³/mol. The monoisotopic (exact) mass is 592 g/mol. The van der Waals surface area contributed by atoms with Crippen LogP contribution in [0, 0.1) is 12.7 Å². The first-order chi connectivity index (χ1) is 20.2. The maximum atomic E-state index is 16.8. The van der Waals surface area contributed by atoms with Gasteiger partial charge in [-0.05, 0) is 61.1 Å². The number of fused-ring (bicyclic) bond motifs is 1. The SMILES string of the molecule is C=CC(=O)N1CCC(C=O)(N/C(=C(/C=C)CCC)c2cc(Cl)c(-c3c(C)ccc4[nH]ncc34)c(F)c2CCC)C1.CC. The molecule has 1 atom stereocenters. The Kier molecular flexibility index (Phi) is 11.3. The summed E-state index contributed by atoms with van der Waals surface area (Å²) in [4.78, 5) is 26.5. The van der Waals surface area contributed by atoms with Crippen LogP contribution in [-0.2, 0) is 16.0 Å². The summed E-state index contributed by atoms with van der Waals surface area (Å²) in [6, 6.07) is 5.64. The summed E-state index contributed by atoms with van der Waals surface area (Å²) in [6.07, 6.45) is 8.59. The van der Waals surface area contributed by atoms with Gasteiger partial charge in [-0.3, -0.25) is 9.89 Å². The van der Waals surface area contributed by atoms with Gasteiger partial charge in [0, 0.05) is 34.3 Å². The third kappa shape index (κ3) is 6.36. The molecule has 0 spiro atoms. The molecule has 0 radical (unpaired) electrons. The molecule has 1 fully saturated rings. The van der Waals surface area contributed by atoms with Crippen LogP contribution >= 0.6 is 11.6 Å². The topological polar surface area (TPSA) is 78.1 Å². The quantitative estimate of drug-likeness (QED) is 0.134. The summed E-state index contributed by atoms with van der Waals surface area (Å²) >= 11 is 6.94. The van der Waals surface area contributed by atoms with Crippen LogP contribution in [0.15, 0.2) is 55.3 Å². The van der Waals surface area contributed by atoms with E-state index in [1.165, 1.54) is 6.08 Å². The second-order valence-electron chi connectivity index (χ2n) is 10.4. The minimum Gasteiger partial charge on any atom is -0.371 e. The van der Waals surface area contributed by atoms with Crippen LogP contribution in [-0.4, -0.2) is 45.9 Å². The first-order valence-electron chi connectivity index (χ1n) is 14.7. The van der Waals surface area contributed by atoms with Crippen LogP contribution in [0.3, 0.4) is 0 Å². The minimum absolute atomic E-state index is 0.181. The lowest BCUT2D eigenvalue weighted by Crippen LogP contribution is -2.49. The first kappa shape index (κ1) is 32.8. The number of carbonyl (C=O) groups excluding carboxylic acids is 2.